The van der Waals surface area contributed by atoms with Gasteiger partial charge in [0.25, 0.3) is 0 Å². The van der Waals surface area contributed by atoms with E-state index in [2.05, 4.69) is 15.6 Å². The van der Waals surface area contributed by atoms with E-state index >= 15 is 0 Å². The number of piperidine rings is 1. The average Bonchev–Trinajstić information content (AvgIpc) is 3.26. The average molecular weight is 396 g/mol. The third-order valence-corrected chi connectivity index (χ3v) is 6.89. The van der Waals surface area contributed by atoms with Gasteiger partial charge in [0.1, 0.15) is 10.8 Å². The molecule has 2 aliphatic rings. The van der Waals surface area contributed by atoms with Crippen molar-refractivity contribution in [2.75, 3.05) is 5.32 Å². The van der Waals surface area contributed by atoms with E-state index in [1.807, 2.05) is 24.3 Å². The largest absolute Gasteiger partial charge is 0.325 e. The van der Waals surface area contributed by atoms with E-state index < -0.39 is 0 Å². The van der Waals surface area contributed by atoms with Gasteiger partial charge in [0.05, 0.1) is 15.9 Å². The first-order chi connectivity index (χ1) is 13.6. The lowest BCUT2D eigenvalue weighted by Gasteiger charge is -2.28. The number of benzene rings is 2. The van der Waals surface area contributed by atoms with Crippen LogP contribution in [0.1, 0.15) is 32.1 Å². The number of rotatable bonds is 4. The number of para-hydroxylation sites is 1. The Labute approximate surface area is 167 Å². The van der Waals surface area contributed by atoms with E-state index in [1.54, 1.807) is 6.07 Å². The zero-order chi connectivity index (χ0) is 19.1. The summed E-state index contributed by atoms with van der Waals surface area (Å²) in [5, 5.41) is 7.35. The second-order valence-electron chi connectivity index (χ2n) is 7.90. The van der Waals surface area contributed by atoms with Crippen LogP contribution in [0.25, 0.3) is 20.8 Å². The van der Waals surface area contributed by atoms with Crippen LogP contribution in [-0.4, -0.2) is 23.0 Å². The van der Waals surface area contributed by atoms with Gasteiger partial charge in [-0.05, 0) is 61.9 Å². The van der Waals surface area contributed by atoms with Crippen molar-refractivity contribution in [3.8, 4) is 10.6 Å². The summed E-state index contributed by atoms with van der Waals surface area (Å²) in [5.74, 6) is 0.0903. The molecule has 28 heavy (non-hydrogen) atoms. The zero-order valence-electron chi connectivity index (χ0n) is 15.5. The predicted molar refractivity (Wildman–Crippen MR) is 111 cm³/mol. The van der Waals surface area contributed by atoms with Crippen molar-refractivity contribution in [1.82, 2.24) is 10.3 Å². The lowest BCUT2D eigenvalue weighted by molar-refractivity contribution is -0.117. The standard InChI is InChI=1S/C22H22FN3OS/c23-14-5-8-18(17(12-14)22-26-19-3-1-2-4-20(19)28-22)25-21(27)11-13-9-15-6-7-16(10-13)24-15/h1-5,8,12-13,15-16,24H,6-7,9-11H2,(H,25,27). The maximum absolute atomic E-state index is 13.9. The molecule has 2 saturated heterocycles. The Morgan fingerprint density at radius 2 is 1.96 bits per heavy atom. The molecule has 0 aliphatic carbocycles. The SMILES string of the molecule is O=C(CC1CC2CCC(C1)N2)Nc1ccc(F)cc1-c1nc2ccccc2s1. The van der Waals surface area contributed by atoms with Gasteiger partial charge >= 0.3 is 0 Å². The summed E-state index contributed by atoms with van der Waals surface area (Å²) in [5.41, 5.74) is 2.15. The predicted octanol–water partition coefficient (Wildman–Crippen LogP) is 4.96. The molecule has 2 bridgehead atoms. The van der Waals surface area contributed by atoms with E-state index in [4.69, 9.17) is 0 Å². The third kappa shape index (κ3) is 3.54. The Hall–Kier alpha value is -2.31. The summed E-state index contributed by atoms with van der Waals surface area (Å²) in [4.78, 5) is 17.3. The molecule has 2 aromatic carbocycles. The van der Waals surface area contributed by atoms with Crippen molar-refractivity contribution in [3.63, 3.8) is 0 Å². The fourth-order valence-electron chi connectivity index (χ4n) is 4.60. The van der Waals surface area contributed by atoms with Crippen molar-refractivity contribution in [2.45, 2.75) is 44.2 Å². The number of hydrogen-bond acceptors (Lipinski definition) is 4. The van der Waals surface area contributed by atoms with Crippen molar-refractivity contribution in [3.05, 3.63) is 48.3 Å². The second-order valence-corrected chi connectivity index (χ2v) is 8.93. The molecule has 0 saturated carbocycles. The molecule has 2 N–H and O–H groups in total. The minimum atomic E-state index is -0.331. The van der Waals surface area contributed by atoms with Crippen LogP contribution >= 0.6 is 11.3 Å². The molecule has 4 nitrogen and oxygen atoms in total. The summed E-state index contributed by atoms with van der Waals surface area (Å²) in [7, 11) is 0. The molecule has 1 amide bonds. The molecule has 2 fully saturated rings. The van der Waals surface area contributed by atoms with Crippen LogP contribution in [0, 0.1) is 11.7 Å². The second kappa shape index (κ2) is 7.26. The van der Waals surface area contributed by atoms with E-state index in [0.29, 0.717) is 35.7 Å². The van der Waals surface area contributed by atoms with E-state index in [1.165, 1.54) is 36.3 Å². The highest BCUT2D eigenvalue weighted by molar-refractivity contribution is 7.21. The Morgan fingerprint density at radius 1 is 1.18 bits per heavy atom. The molecule has 2 atom stereocenters. The molecule has 6 heteroatoms. The number of anilines is 1. The van der Waals surface area contributed by atoms with Crippen molar-refractivity contribution in [1.29, 1.82) is 0 Å². The molecule has 0 spiro atoms. The molecule has 5 rings (SSSR count). The molecule has 3 heterocycles. The maximum atomic E-state index is 13.9. The summed E-state index contributed by atoms with van der Waals surface area (Å²) >= 11 is 1.51. The molecule has 1 aromatic heterocycles. The fraction of sp³-hybridized carbons (Fsp3) is 0.364. The first-order valence-electron chi connectivity index (χ1n) is 9.85. The van der Waals surface area contributed by atoms with Gasteiger partial charge in [0.2, 0.25) is 5.91 Å². The van der Waals surface area contributed by atoms with Gasteiger partial charge in [0, 0.05) is 24.1 Å². The number of halogens is 1. The third-order valence-electron chi connectivity index (χ3n) is 5.82. The van der Waals surface area contributed by atoms with E-state index in [0.717, 1.165) is 28.1 Å². The fourth-order valence-corrected chi connectivity index (χ4v) is 5.59. The number of carbonyl (C=O) groups excluding carboxylic acids is 1. The number of hydrogen-bond donors (Lipinski definition) is 2. The number of fused-ring (bicyclic) bond motifs is 3. The van der Waals surface area contributed by atoms with Crippen LogP contribution in [0.5, 0.6) is 0 Å². The number of aromatic nitrogens is 1. The van der Waals surface area contributed by atoms with Crippen LogP contribution in [0.15, 0.2) is 42.5 Å². The molecule has 144 valence electrons. The first-order valence-corrected chi connectivity index (χ1v) is 10.7. The van der Waals surface area contributed by atoms with Gasteiger partial charge in [-0.3, -0.25) is 4.79 Å². The number of amides is 1. The molecular formula is C22H22FN3OS. The monoisotopic (exact) mass is 395 g/mol. The van der Waals surface area contributed by atoms with Gasteiger partial charge < -0.3 is 10.6 Å². The van der Waals surface area contributed by atoms with Crippen LogP contribution < -0.4 is 10.6 Å². The topological polar surface area (TPSA) is 54.0 Å². The molecule has 2 aliphatic heterocycles. The highest BCUT2D eigenvalue weighted by Crippen LogP contribution is 2.36. The van der Waals surface area contributed by atoms with E-state index in [-0.39, 0.29) is 11.7 Å². The van der Waals surface area contributed by atoms with Gasteiger partial charge in [-0.25, -0.2) is 9.37 Å². The van der Waals surface area contributed by atoms with E-state index in [9.17, 15) is 9.18 Å². The van der Waals surface area contributed by atoms with Gasteiger partial charge in [-0.2, -0.15) is 0 Å². The zero-order valence-corrected chi connectivity index (χ0v) is 16.3. The summed E-state index contributed by atoms with van der Waals surface area (Å²) < 4.78 is 15.0. The first kappa shape index (κ1) is 17.8. The Kier molecular flexibility index (Phi) is 4.61. The normalized spacial score (nSPS) is 23.8. The highest BCUT2D eigenvalue weighted by Gasteiger charge is 2.34. The van der Waals surface area contributed by atoms with Gasteiger partial charge in [-0.15, -0.1) is 11.3 Å². The quantitative estimate of drug-likeness (QED) is 0.656. The molecular weight excluding hydrogens is 373 g/mol. The van der Waals surface area contributed by atoms with Crippen molar-refractivity contribution < 1.29 is 9.18 Å². The Morgan fingerprint density at radius 3 is 2.75 bits per heavy atom. The maximum Gasteiger partial charge on any atom is 0.224 e. The highest BCUT2D eigenvalue weighted by atomic mass is 32.1. The lowest BCUT2D eigenvalue weighted by atomic mass is 9.89. The number of nitrogens with zero attached hydrogens (tertiary/aromatic N) is 1. The molecule has 3 aromatic rings. The smallest absolute Gasteiger partial charge is 0.224 e. The molecule has 2 unspecified atom stereocenters. The Bertz CT molecular complexity index is 989. The Balaban J connectivity index is 1.37. The summed E-state index contributed by atoms with van der Waals surface area (Å²) in [6.45, 7) is 0. The number of thiazole rings is 1. The minimum absolute atomic E-state index is 0.000249. The minimum Gasteiger partial charge on any atom is -0.325 e. The van der Waals surface area contributed by atoms with Crippen molar-refractivity contribution in [2.24, 2.45) is 5.92 Å². The number of carbonyl (C=O) groups is 1. The van der Waals surface area contributed by atoms with Gasteiger partial charge in [-0.1, -0.05) is 12.1 Å². The van der Waals surface area contributed by atoms with Crippen molar-refractivity contribution >= 4 is 33.1 Å². The number of nitrogens with one attached hydrogen (secondary N) is 2. The summed E-state index contributed by atoms with van der Waals surface area (Å²) in [6.07, 6.45) is 5.10. The van der Waals surface area contributed by atoms with Gasteiger partial charge in [0.15, 0.2) is 0 Å². The van der Waals surface area contributed by atoms with Crippen LogP contribution in [0.3, 0.4) is 0 Å². The molecule has 0 radical (unpaired) electrons. The summed E-state index contributed by atoms with van der Waals surface area (Å²) in [6, 6.07) is 13.5. The van der Waals surface area contributed by atoms with Crippen LogP contribution in [0.2, 0.25) is 0 Å². The van der Waals surface area contributed by atoms with Crippen LogP contribution in [-0.2, 0) is 4.79 Å². The van der Waals surface area contributed by atoms with Crippen LogP contribution in [0.4, 0.5) is 10.1 Å². The lowest BCUT2D eigenvalue weighted by Crippen LogP contribution is -2.39.